The van der Waals surface area contributed by atoms with E-state index in [0.717, 1.165) is 18.5 Å². The Morgan fingerprint density at radius 1 is 1.60 bits per heavy atom. The van der Waals surface area contributed by atoms with Gasteiger partial charge in [-0.3, -0.25) is 0 Å². The van der Waals surface area contributed by atoms with E-state index in [1.54, 1.807) is 0 Å². The van der Waals surface area contributed by atoms with E-state index in [9.17, 15) is 0 Å². The van der Waals surface area contributed by atoms with Crippen LogP contribution in [0.5, 0.6) is 0 Å². The third-order valence-corrected chi connectivity index (χ3v) is 3.17. The molecule has 2 bridgehead atoms. The number of hydrogen-bond donors (Lipinski definition) is 2. The van der Waals surface area contributed by atoms with Crippen molar-refractivity contribution < 1.29 is 0 Å². The fraction of sp³-hybridized carbons (Fsp3) is 0.750. The molecular formula is C8H14N2. The van der Waals surface area contributed by atoms with E-state index < -0.39 is 0 Å². The van der Waals surface area contributed by atoms with Gasteiger partial charge in [0.2, 0.25) is 0 Å². The Labute approximate surface area is 61.3 Å². The molecule has 0 aromatic heterocycles. The minimum atomic E-state index is -0.00521. The van der Waals surface area contributed by atoms with Crippen LogP contribution < -0.4 is 11.5 Å². The van der Waals surface area contributed by atoms with E-state index in [1.807, 2.05) is 0 Å². The van der Waals surface area contributed by atoms with Crippen LogP contribution in [0.3, 0.4) is 0 Å². The van der Waals surface area contributed by atoms with Crippen molar-refractivity contribution in [3.63, 3.8) is 0 Å². The van der Waals surface area contributed by atoms with Gasteiger partial charge >= 0.3 is 0 Å². The summed E-state index contributed by atoms with van der Waals surface area (Å²) in [5, 5.41) is 0. The van der Waals surface area contributed by atoms with E-state index in [-0.39, 0.29) is 5.54 Å². The summed E-state index contributed by atoms with van der Waals surface area (Å²) in [6.07, 6.45) is 3.45. The van der Waals surface area contributed by atoms with E-state index in [2.05, 4.69) is 6.92 Å². The first-order chi connectivity index (χ1) is 4.63. The van der Waals surface area contributed by atoms with E-state index in [1.165, 1.54) is 12.0 Å². The molecule has 2 heteroatoms. The van der Waals surface area contributed by atoms with Gasteiger partial charge in [-0.1, -0.05) is 0 Å². The lowest BCUT2D eigenvalue weighted by Gasteiger charge is -2.23. The van der Waals surface area contributed by atoms with Gasteiger partial charge in [-0.2, -0.15) is 0 Å². The maximum Gasteiger partial charge on any atom is 0.0392 e. The lowest BCUT2D eigenvalue weighted by Crippen LogP contribution is -2.36. The van der Waals surface area contributed by atoms with Gasteiger partial charge in [0.1, 0.15) is 0 Å². The van der Waals surface area contributed by atoms with Gasteiger partial charge in [0, 0.05) is 17.2 Å². The molecule has 0 spiro atoms. The van der Waals surface area contributed by atoms with Crippen molar-refractivity contribution in [1.29, 1.82) is 0 Å². The average Bonchev–Trinajstić information content (AvgIpc) is 2.35. The van der Waals surface area contributed by atoms with E-state index in [4.69, 9.17) is 11.5 Å². The monoisotopic (exact) mass is 138 g/mol. The van der Waals surface area contributed by atoms with Crippen molar-refractivity contribution in [3.05, 3.63) is 11.3 Å². The summed E-state index contributed by atoms with van der Waals surface area (Å²) in [4.78, 5) is 0. The molecule has 2 unspecified atom stereocenters. The average molecular weight is 138 g/mol. The van der Waals surface area contributed by atoms with E-state index in [0.29, 0.717) is 5.92 Å². The highest BCUT2D eigenvalue weighted by Crippen LogP contribution is 2.47. The van der Waals surface area contributed by atoms with Gasteiger partial charge in [-0.05, 0) is 31.8 Å². The van der Waals surface area contributed by atoms with Crippen LogP contribution in [0, 0.1) is 5.92 Å². The summed E-state index contributed by atoms with van der Waals surface area (Å²) in [6, 6.07) is 0. The molecule has 0 amide bonds. The molecule has 0 radical (unpaired) electrons. The quantitative estimate of drug-likeness (QED) is 0.518. The molecule has 1 saturated carbocycles. The largest absolute Gasteiger partial charge is 0.402 e. The van der Waals surface area contributed by atoms with Crippen LogP contribution in [0.2, 0.25) is 0 Å². The Balaban J connectivity index is 2.45. The molecule has 0 aromatic carbocycles. The first-order valence-electron chi connectivity index (χ1n) is 3.89. The Hall–Kier alpha value is -0.500. The molecule has 56 valence electrons. The van der Waals surface area contributed by atoms with Crippen molar-refractivity contribution >= 4 is 0 Å². The lowest BCUT2D eigenvalue weighted by atomic mass is 9.91. The van der Waals surface area contributed by atoms with E-state index >= 15 is 0 Å². The van der Waals surface area contributed by atoms with Crippen LogP contribution in [-0.2, 0) is 0 Å². The van der Waals surface area contributed by atoms with Crippen molar-refractivity contribution in [2.24, 2.45) is 17.4 Å². The molecule has 1 fully saturated rings. The minimum Gasteiger partial charge on any atom is -0.402 e. The number of hydrogen-bond acceptors (Lipinski definition) is 2. The van der Waals surface area contributed by atoms with Crippen LogP contribution in [0.25, 0.3) is 0 Å². The van der Waals surface area contributed by atoms with Crippen LogP contribution in [0.1, 0.15) is 26.2 Å². The molecule has 0 saturated heterocycles. The maximum atomic E-state index is 6.10. The summed E-state index contributed by atoms with van der Waals surface area (Å²) in [5.74, 6) is 0.616. The summed E-state index contributed by atoms with van der Waals surface area (Å²) in [5.41, 5.74) is 14.3. The fourth-order valence-electron chi connectivity index (χ4n) is 2.28. The van der Waals surface area contributed by atoms with Crippen LogP contribution in [0.15, 0.2) is 11.3 Å². The fourth-order valence-corrected chi connectivity index (χ4v) is 2.28. The second-order valence-electron chi connectivity index (χ2n) is 3.68. The predicted molar refractivity (Wildman–Crippen MR) is 41.1 cm³/mol. The topological polar surface area (TPSA) is 52.0 Å². The van der Waals surface area contributed by atoms with Crippen LogP contribution in [-0.4, -0.2) is 5.54 Å². The highest BCUT2D eigenvalue weighted by molar-refractivity contribution is 5.34. The summed E-state index contributed by atoms with van der Waals surface area (Å²) in [6.45, 7) is 2.08. The zero-order valence-corrected chi connectivity index (χ0v) is 6.35. The van der Waals surface area contributed by atoms with Crippen LogP contribution >= 0.6 is 0 Å². The van der Waals surface area contributed by atoms with Gasteiger partial charge in [-0.25, -0.2) is 0 Å². The minimum absolute atomic E-state index is 0.00521. The molecule has 2 rings (SSSR count). The molecule has 0 heterocycles. The summed E-state index contributed by atoms with van der Waals surface area (Å²) >= 11 is 0. The zero-order valence-electron chi connectivity index (χ0n) is 6.35. The lowest BCUT2D eigenvalue weighted by molar-refractivity contribution is 0.527. The predicted octanol–water partition coefficient (Wildman–Crippen LogP) is 0.730. The standard InChI is InChI=1S/C8H14N2/c1-5-7(9)6-2-3-8(5,10)4-6/h6H,2-4,9-10H2,1H3. The van der Waals surface area contributed by atoms with Crippen molar-refractivity contribution in [1.82, 2.24) is 0 Å². The van der Waals surface area contributed by atoms with Crippen molar-refractivity contribution in [2.45, 2.75) is 31.7 Å². The summed E-state index contributed by atoms with van der Waals surface area (Å²) < 4.78 is 0. The number of rotatable bonds is 0. The molecule has 4 N–H and O–H groups in total. The van der Waals surface area contributed by atoms with Gasteiger partial charge in [0.05, 0.1) is 0 Å². The van der Waals surface area contributed by atoms with Gasteiger partial charge < -0.3 is 11.5 Å². The molecular weight excluding hydrogens is 124 g/mol. The Kier molecular flexibility index (Phi) is 0.972. The van der Waals surface area contributed by atoms with Crippen molar-refractivity contribution in [2.75, 3.05) is 0 Å². The first-order valence-corrected chi connectivity index (χ1v) is 3.89. The maximum absolute atomic E-state index is 6.10. The second-order valence-corrected chi connectivity index (χ2v) is 3.68. The Morgan fingerprint density at radius 2 is 2.30 bits per heavy atom. The first kappa shape index (κ1) is 6.23. The van der Waals surface area contributed by atoms with Crippen molar-refractivity contribution in [3.8, 4) is 0 Å². The molecule has 2 aliphatic carbocycles. The number of allylic oxidation sites excluding steroid dienone is 1. The Bertz CT molecular complexity index is 207. The normalized spacial score (nSPS) is 45.2. The second kappa shape index (κ2) is 1.56. The molecule has 2 aliphatic rings. The third-order valence-electron chi connectivity index (χ3n) is 3.17. The Morgan fingerprint density at radius 3 is 2.60 bits per heavy atom. The third kappa shape index (κ3) is 0.528. The van der Waals surface area contributed by atoms with Crippen LogP contribution in [0.4, 0.5) is 0 Å². The molecule has 2 atom stereocenters. The van der Waals surface area contributed by atoms with Gasteiger partial charge in [0.25, 0.3) is 0 Å². The summed E-state index contributed by atoms with van der Waals surface area (Å²) in [7, 11) is 0. The zero-order chi connectivity index (χ0) is 7.35. The number of fused-ring (bicyclic) bond motifs is 2. The number of nitrogens with two attached hydrogens (primary N) is 2. The SMILES string of the molecule is CC1=C(N)C2CCC1(N)C2. The highest BCUT2D eigenvalue weighted by Gasteiger charge is 2.45. The molecule has 2 nitrogen and oxygen atoms in total. The molecule has 10 heavy (non-hydrogen) atoms. The smallest absolute Gasteiger partial charge is 0.0392 e. The van der Waals surface area contributed by atoms with Gasteiger partial charge in [0.15, 0.2) is 0 Å². The van der Waals surface area contributed by atoms with Gasteiger partial charge in [-0.15, -0.1) is 0 Å². The molecule has 0 aliphatic heterocycles. The highest BCUT2D eigenvalue weighted by atomic mass is 14.8. The molecule has 0 aromatic rings.